The fraction of sp³-hybridized carbons (Fsp3) is 0.400. The largest absolute Gasteiger partial charge is 0.389 e. The number of benzene rings is 2. The van der Waals surface area contributed by atoms with Crippen LogP contribution in [-0.4, -0.2) is 56.9 Å². The lowest BCUT2D eigenvalue weighted by Gasteiger charge is -2.37. The van der Waals surface area contributed by atoms with E-state index < -0.39 is 11.5 Å². The Balaban J connectivity index is 1.34. The van der Waals surface area contributed by atoms with Gasteiger partial charge in [0, 0.05) is 37.8 Å². The first-order valence-corrected chi connectivity index (χ1v) is 13.2. The number of pyridine rings is 1. The van der Waals surface area contributed by atoms with Gasteiger partial charge in [0.2, 0.25) is 0 Å². The summed E-state index contributed by atoms with van der Waals surface area (Å²) in [5.41, 5.74) is 3.01. The molecule has 4 heterocycles. The van der Waals surface area contributed by atoms with E-state index in [1.807, 2.05) is 43.3 Å². The molecule has 8 heteroatoms. The lowest BCUT2D eigenvalue weighted by Crippen LogP contribution is -2.42. The van der Waals surface area contributed by atoms with E-state index >= 15 is 0 Å². The van der Waals surface area contributed by atoms with Crippen LogP contribution in [0.5, 0.6) is 0 Å². The van der Waals surface area contributed by atoms with Crippen molar-refractivity contribution in [2.45, 2.75) is 50.3 Å². The Kier molecular flexibility index (Phi) is 6.44. The van der Waals surface area contributed by atoms with Crippen LogP contribution in [0.15, 0.2) is 59.8 Å². The van der Waals surface area contributed by atoms with Crippen molar-refractivity contribution in [1.29, 1.82) is 5.26 Å². The number of nitriles is 1. The summed E-state index contributed by atoms with van der Waals surface area (Å²) in [6, 6.07) is 16.3. The fourth-order valence-corrected chi connectivity index (χ4v) is 6.01. The number of piperidine rings is 1. The highest BCUT2D eigenvalue weighted by Gasteiger charge is 2.38. The number of nitrogens with zero attached hydrogens (tertiary/aromatic N) is 5. The van der Waals surface area contributed by atoms with Crippen molar-refractivity contribution < 1.29 is 9.84 Å². The molecule has 1 N–H and O–H groups in total. The molecule has 4 aromatic rings. The van der Waals surface area contributed by atoms with Gasteiger partial charge in [0.25, 0.3) is 5.56 Å². The normalized spacial score (nSPS) is 21.9. The second-order valence-corrected chi connectivity index (χ2v) is 10.6. The maximum atomic E-state index is 13.7. The number of aromatic nitrogens is 3. The zero-order chi connectivity index (χ0) is 26.3. The molecule has 6 rings (SSSR count). The predicted molar refractivity (Wildman–Crippen MR) is 145 cm³/mol. The van der Waals surface area contributed by atoms with Gasteiger partial charge in [-0.2, -0.15) is 5.26 Å². The van der Waals surface area contributed by atoms with Gasteiger partial charge in [0.15, 0.2) is 0 Å². The first-order chi connectivity index (χ1) is 18.5. The molecule has 2 fully saturated rings. The number of aliphatic hydroxyl groups excluding tert-OH is 1. The summed E-state index contributed by atoms with van der Waals surface area (Å²) in [6.07, 6.45) is 4.61. The molecule has 38 heavy (non-hydrogen) atoms. The SMILES string of the molecule is Cc1ccnc(C2(C#N)CCN(Cc3cc4c(=O)n([C@H]5CCOC[C@@H]5O)cnc4c4ccccc34)CC2)c1. The summed E-state index contributed by atoms with van der Waals surface area (Å²) in [5, 5.41) is 23.2. The van der Waals surface area contributed by atoms with Crippen LogP contribution < -0.4 is 5.56 Å². The molecular weight excluding hydrogens is 478 g/mol. The van der Waals surface area contributed by atoms with Crippen LogP contribution in [0.3, 0.4) is 0 Å². The molecule has 2 saturated heterocycles. The minimum absolute atomic E-state index is 0.138. The molecule has 2 aromatic heterocycles. The number of hydrogen-bond donors (Lipinski definition) is 1. The molecule has 194 valence electrons. The molecule has 0 radical (unpaired) electrons. The third-order valence-corrected chi connectivity index (χ3v) is 8.25. The number of hydrogen-bond acceptors (Lipinski definition) is 7. The highest BCUT2D eigenvalue weighted by molar-refractivity contribution is 6.06. The van der Waals surface area contributed by atoms with Gasteiger partial charge in [-0.15, -0.1) is 0 Å². The van der Waals surface area contributed by atoms with Crippen LogP contribution in [0.25, 0.3) is 21.7 Å². The number of ether oxygens (including phenoxy) is 1. The van der Waals surface area contributed by atoms with Crippen LogP contribution in [0.2, 0.25) is 0 Å². The zero-order valence-electron chi connectivity index (χ0n) is 21.5. The number of likely N-dealkylation sites (tertiary alicyclic amines) is 1. The van der Waals surface area contributed by atoms with E-state index in [0.29, 0.717) is 43.3 Å². The summed E-state index contributed by atoms with van der Waals surface area (Å²) in [5.74, 6) is 0. The molecule has 0 saturated carbocycles. The molecule has 2 atom stereocenters. The standard InChI is InChI=1S/C30H31N5O3/c1-20-6-10-32-27(14-20)30(18-31)8-11-34(12-9-30)16-21-15-24-28(23-5-3-2-4-22(21)23)33-19-35(29(24)37)25-7-13-38-17-26(25)36/h2-6,10,14-15,19,25-26,36H,7-9,11-13,16-17H2,1H3/t25-,26-/m0/s1. The van der Waals surface area contributed by atoms with Gasteiger partial charge in [0.05, 0.1) is 47.7 Å². The third kappa shape index (κ3) is 4.27. The summed E-state index contributed by atoms with van der Waals surface area (Å²) in [7, 11) is 0. The summed E-state index contributed by atoms with van der Waals surface area (Å²) in [6.45, 7) is 4.96. The second-order valence-electron chi connectivity index (χ2n) is 10.6. The maximum Gasteiger partial charge on any atom is 0.261 e. The first-order valence-electron chi connectivity index (χ1n) is 13.2. The van der Waals surface area contributed by atoms with Crippen LogP contribution in [0, 0.1) is 18.3 Å². The van der Waals surface area contributed by atoms with Gasteiger partial charge in [-0.05, 0) is 60.9 Å². The van der Waals surface area contributed by atoms with E-state index in [9.17, 15) is 15.2 Å². The minimum Gasteiger partial charge on any atom is -0.389 e. The molecule has 0 unspecified atom stereocenters. The van der Waals surface area contributed by atoms with E-state index in [-0.39, 0.29) is 18.2 Å². The molecular formula is C30H31N5O3. The third-order valence-electron chi connectivity index (χ3n) is 8.25. The molecule has 0 bridgehead atoms. The average molecular weight is 510 g/mol. The highest BCUT2D eigenvalue weighted by atomic mass is 16.5. The Morgan fingerprint density at radius 1 is 1.13 bits per heavy atom. The lowest BCUT2D eigenvalue weighted by atomic mass is 9.76. The molecule has 2 aliphatic heterocycles. The van der Waals surface area contributed by atoms with Crippen LogP contribution in [0.1, 0.15) is 42.1 Å². The molecule has 0 spiro atoms. The van der Waals surface area contributed by atoms with Crippen molar-refractivity contribution in [1.82, 2.24) is 19.4 Å². The number of aliphatic hydroxyl groups is 1. The van der Waals surface area contributed by atoms with Gasteiger partial charge < -0.3 is 9.84 Å². The van der Waals surface area contributed by atoms with Crippen molar-refractivity contribution in [3.05, 3.63) is 82.2 Å². The van der Waals surface area contributed by atoms with Crippen molar-refractivity contribution >= 4 is 21.7 Å². The minimum atomic E-state index is -0.739. The number of fused-ring (bicyclic) bond motifs is 3. The first kappa shape index (κ1) is 24.7. The van der Waals surface area contributed by atoms with E-state index in [1.54, 1.807) is 17.1 Å². The van der Waals surface area contributed by atoms with Crippen LogP contribution >= 0.6 is 0 Å². The Hall–Kier alpha value is -3.64. The van der Waals surface area contributed by atoms with Crippen molar-refractivity contribution in [3.8, 4) is 6.07 Å². The van der Waals surface area contributed by atoms with Crippen molar-refractivity contribution in [3.63, 3.8) is 0 Å². The molecule has 0 aliphatic carbocycles. The monoisotopic (exact) mass is 509 g/mol. The summed E-state index contributed by atoms with van der Waals surface area (Å²) in [4.78, 5) is 25.3. The number of aryl methyl sites for hydroxylation is 1. The van der Waals surface area contributed by atoms with Crippen LogP contribution in [-0.2, 0) is 16.7 Å². The topological polar surface area (TPSA) is 104 Å². The number of rotatable bonds is 4. The maximum absolute atomic E-state index is 13.7. The Morgan fingerprint density at radius 3 is 2.66 bits per heavy atom. The lowest BCUT2D eigenvalue weighted by molar-refractivity contribution is -0.0395. The second kappa shape index (κ2) is 9.91. The predicted octanol–water partition coefficient (Wildman–Crippen LogP) is 3.63. The van der Waals surface area contributed by atoms with E-state index in [1.165, 1.54) is 0 Å². The Labute approximate surface area is 221 Å². The van der Waals surface area contributed by atoms with Gasteiger partial charge in [0.1, 0.15) is 5.41 Å². The van der Waals surface area contributed by atoms with E-state index in [2.05, 4.69) is 22.0 Å². The Morgan fingerprint density at radius 2 is 1.92 bits per heavy atom. The molecule has 2 aromatic carbocycles. The molecule has 2 aliphatic rings. The Bertz CT molecular complexity index is 1600. The van der Waals surface area contributed by atoms with Crippen molar-refractivity contribution in [2.24, 2.45) is 0 Å². The molecule has 0 amide bonds. The van der Waals surface area contributed by atoms with Gasteiger partial charge in [-0.3, -0.25) is 19.2 Å². The van der Waals surface area contributed by atoms with Gasteiger partial charge in [-0.1, -0.05) is 24.3 Å². The molecule has 8 nitrogen and oxygen atoms in total. The van der Waals surface area contributed by atoms with Gasteiger partial charge >= 0.3 is 0 Å². The van der Waals surface area contributed by atoms with E-state index in [4.69, 9.17) is 9.72 Å². The summed E-state index contributed by atoms with van der Waals surface area (Å²) < 4.78 is 6.94. The smallest absolute Gasteiger partial charge is 0.261 e. The summed E-state index contributed by atoms with van der Waals surface area (Å²) >= 11 is 0. The zero-order valence-corrected chi connectivity index (χ0v) is 21.5. The van der Waals surface area contributed by atoms with Crippen molar-refractivity contribution in [2.75, 3.05) is 26.3 Å². The van der Waals surface area contributed by atoms with Gasteiger partial charge in [-0.25, -0.2) is 4.98 Å². The highest BCUT2D eigenvalue weighted by Crippen LogP contribution is 2.35. The fourth-order valence-electron chi connectivity index (χ4n) is 6.01. The van der Waals surface area contributed by atoms with Crippen LogP contribution in [0.4, 0.5) is 0 Å². The van der Waals surface area contributed by atoms with E-state index in [0.717, 1.165) is 40.7 Å². The quantitative estimate of drug-likeness (QED) is 0.419. The average Bonchev–Trinajstić information content (AvgIpc) is 2.95.